The van der Waals surface area contributed by atoms with Gasteiger partial charge in [0.1, 0.15) is 0 Å². The number of carbonyl (C=O) groups is 1. The molecule has 2 rings (SSSR count). The SMILES string of the molecule is CCc1ccc(CNC(=O)c2ccc(N(C)C)c(N)c2)s1. The molecule has 0 bridgehead atoms. The first-order valence-electron chi connectivity index (χ1n) is 6.94. The summed E-state index contributed by atoms with van der Waals surface area (Å²) < 4.78 is 0. The Kier molecular flexibility index (Phi) is 4.85. The third-order valence-corrected chi connectivity index (χ3v) is 4.49. The van der Waals surface area contributed by atoms with E-state index < -0.39 is 0 Å². The predicted octanol–water partition coefficient (Wildman–Crippen LogP) is 2.89. The monoisotopic (exact) mass is 303 g/mol. The Balaban J connectivity index is 2.01. The zero-order chi connectivity index (χ0) is 15.4. The van der Waals surface area contributed by atoms with E-state index in [-0.39, 0.29) is 5.91 Å². The minimum atomic E-state index is -0.0987. The van der Waals surface area contributed by atoms with E-state index >= 15 is 0 Å². The zero-order valence-corrected chi connectivity index (χ0v) is 13.5. The number of nitrogen functional groups attached to an aromatic ring is 1. The van der Waals surface area contributed by atoms with E-state index in [4.69, 9.17) is 5.73 Å². The summed E-state index contributed by atoms with van der Waals surface area (Å²) >= 11 is 1.73. The molecule has 0 aliphatic rings. The van der Waals surface area contributed by atoms with Crippen molar-refractivity contribution in [1.29, 1.82) is 0 Å². The first-order chi connectivity index (χ1) is 10.0. The minimum Gasteiger partial charge on any atom is -0.397 e. The van der Waals surface area contributed by atoms with Crippen LogP contribution in [0.15, 0.2) is 30.3 Å². The number of aryl methyl sites for hydroxylation is 1. The Morgan fingerprint density at radius 3 is 2.52 bits per heavy atom. The summed E-state index contributed by atoms with van der Waals surface area (Å²) in [6.07, 6.45) is 1.03. The lowest BCUT2D eigenvalue weighted by Crippen LogP contribution is -2.22. The lowest BCUT2D eigenvalue weighted by atomic mass is 10.1. The molecular formula is C16H21N3OS. The molecule has 0 unspecified atom stereocenters. The molecule has 1 aromatic carbocycles. The zero-order valence-electron chi connectivity index (χ0n) is 12.6. The number of anilines is 2. The average Bonchev–Trinajstić information content (AvgIpc) is 2.92. The summed E-state index contributed by atoms with van der Waals surface area (Å²) in [6.45, 7) is 2.68. The number of carbonyl (C=O) groups excluding carboxylic acids is 1. The largest absolute Gasteiger partial charge is 0.397 e. The van der Waals surface area contributed by atoms with Crippen LogP contribution in [0.1, 0.15) is 27.0 Å². The molecule has 0 saturated carbocycles. The molecule has 4 nitrogen and oxygen atoms in total. The van der Waals surface area contributed by atoms with Gasteiger partial charge in [-0.3, -0.25) is 4.79 Å². The first-order valence-corrected chi connectivity index (χ1v) is 7.75. The Bertz CT molecular complexity index is 634. The van der Waals surface area contributed by atoms with Gasteiger partial charge in [-0.1, -0.05) is 6.92 Å². The van der Waals surface area contributed by atoms with Crippen LogP contribution in [0.25, 0.3) is 0 Å². The van der Waals surface area contributed by atoms with Gasteiger partial charge in [0.05, 0.1) is 17.9 Å². The molecule has 1 heterocycles. The second-order valence-electron chi connectivity index (χ2n) is 5.07. The molecule has 2 aromatic rings. The molecule has 3 N–H and O–H groups in total. The van der Waals surface area contributed by atoms with Crippen LogP contribution in [-0.2, 0) is 13.0 Å². The molecule has 1 aromatic heterocycles. The highest BCUT2D eigenvalue weighted by atomic mass is 32.1. The van der Waals surface area contributed by atoms with Crippen LogP contribution < -0.4 is 16.0 Å². The Morgan fingerprint density at radius 2 is 1.95 bits per heavy atom. The van der Waals surface area contributed by atoms with Crippen molar-refractivity contribution in [2.75, 3.05) is 24.7 Å². The van der Waals surface area contributed by atoms with Crippen LogP contribution in [-0.4, -0.2) is 20.0 Å². The normalized spacial score (nSPS) is 10.4. The van der Waals surface area contributed by atoms with Crippen molar-refractivity contribution in [2.45, 2.75) is 19.9 Å². The van der Waals surface area contributed by atoms with E-state index in [2.05, 4.69) is 24.4 Å². The number of nitrogens with one attached hydrogen (secondary N) is 1. The second kappa shape index (κ2) is 6.63. The predicted molar refractivity (Wildman–Crippen MR) is 90.0 cm³/mol. The number of rotatable bonds is 5. The van der Waals surface area contributed by atoms with Gasteiger partial charge in [-0.05, 0) is 36.8 Å². The topological polar surface area (TPSA) is 58.4 Å². The number of thiophene rings is 1. The van der Waals surface area contributed by atoms with Crippen molar-refractivity contribution in [2.24, 2.45) is 0 Å². The summed E-state index contributed by atoms with van der Waals surface area (Å²) in [5, 5.41) is 2.93. The Morgan fingerprint density at radius 1 is 1.24 bits per heavy atom. The van der Waals surface area contributed by atoms with Crippen LogP contribution >= 0.6 is 11.3 Å². The molecule has 112 valence electrons. The van der Waals surface area contributed by atoms with Crippen molar-refractivity contribution in [3.63, 3.8) is 0 Å². The highest BCUT2D eigenvalue weighted by molar-refractivity contribution is 7.11. The summed E-state index contributed by atoms with van der Waals surface area (Å²) in [7, 11) is 3.85. The Hall–Kier alpha value is -2.01. The molecule has 0 atom stereocenters. The third-order valence-electron chi connectivity index (χ3n) is 3.26. The fraction of sp³-hybridized carbons (Fsp3) is 0.312. The van der Waals surface area contributed by atoms with Crippen LogP contribution in [0.2, 0.25) is 0 Å². The van der Waals surface area contributed by atoms with Gasteiger partial charge >= 0.3 is 0 Å². The van der Waals surface area contributed by atoms with E-state index in [1.807, 2.05) is 25.1 Å². The number of benzene rings is 1. The standard InChI is InChI=1S/C16H21N3OS/c1-4-12-6-7-13(21-12)10-18-16(20)11-5-8-15(19(2)3)14(17)9-11/h5-9H,4,10,17H2,1-3H3,(H,18,20). The molecular weight excluding hydrogens is 282 g/mol. The summed E-state index contributed by atoms with van der Waals surface area (Å²) in [5.74, 6) is -0.0987. The summed E-state index contributed by atoms with van der Waals surface area (Å²) in [4.78, 5) is 16.6. The molecule has 0 saturated heterocycles. The van der Waals surface area contributed by atoms with Gasteiger partial charge in [-0.2, -0.15) is 0 Å². The lowest BCUT2D eigenvalue weighted by molar-refractivity contribution is 0.0951. The lowest BCUT2D eigenvalue weighted by Gasteiger charge is -2.15. The van der Waals surface area contributed by atoms with Crippen LogP contribution in [0.4, 0.5) is 11.4 Å². The van der Waals surface area contributed by atoms with Gasteiger partial charge in [0.2, 0.25) is 0 Å². The van der Waals surface area contributed by atoms with Crippen molar-refractivity contribution in [3.05, 3.63) is 45.6 Å². The maximum atomic E-state index is 12.2. The van der Waals surface area contributed by atoms with Gasteiger partial charge in [0.15, 0.2) is 0 Å². The fourth-order valence-corrected chi connectivity index (χ4v) is 2.98. The van der Waals surface area contributed by atoms with Gasteiger partial charge in [-0.15, -0.1) is 11.3 Å². The average molecular weight is 303 g/mol. The van der Waals surface area contributed by atoms with Crippen molar-refractivity contribution >= 4 is 28.6 Å². The number of hydrogen-bond donors (Lipinski definition) is 2. The molecule has 0 aliphatic heterocycles. The van der Waals surface area contributed by atoms with Gasteiger partial charge in [0.25, 0.3) is 5.91 Å². The number of hydrogen-bond acceptors (Lipinski definition) is 4. The number of nitrogens with zero attached hydrogens (tertiary/aromatic N) is 1. The minimum absolute atomic E-state index is 0.0987. The van der Waals surface area contributed by atoms with Gasteiger partial charge < -0.3 is 16.0 Å². The fourth-order valence-electron chi connectivity index (χ4n) is 2.08. The highest BCUT2D eigenvalue weighted by Crippen LogP contribution is 2.22. The molecule has 0 aliphatic carbocycles. The molecule has 21 heavy (non-hydrogen) atoms. The van der Waals surface area contributed by atoms with Crippen molar-refractivity contribution < 1.29 is 4.79 Å². The van der Waals surface area contributed by atoms with Crippen molar-refractivity contribution in [3.8, 4) is 0 Å². The van der Waals surface area contributed by atoms with E-state index in [1.54, 1.807) is 23.5 Å². The number of nitrogens with two attached hydrogens (primary N) is 1. The Labute approximate surface area is 129 Å². The molecule has 1 amide bonds. The van der Waals surface area contributed by atoms with Gasteiger partial charge in [-0.25, -0.2) is 0 Å². The molecule has 0 spiro atoms. The molecule has 0 fully saturated rings. The van der Waals surface area contributed by atoms with Gasteiger partial charge in [0, 0.05) is 29.4 Å². The van der Waals surface area contributed by atoms with E-state index in [0.717, 1.165) is 17.0 Å². The first kappa shape index (κ1) is 15.4. The van der Waals surface area contributed by atoms with Crippen LogP contribution in [0.3, 0.4) is 0 Å². The van der Waals surface area contributed by atoms with E-state index in [1.165, 1.54) is 4.88 Å². The summed E-state index contributed by atoms with van der Waals surface area (Å²) in [5.41, 5.74) is 8.08. The third kappa shape index (κ3) is 3.76. The van der Waals surface area contributed by atoms with Crippen molar-refractivity contribution in [1.82, 2.24) is 5.32 Å². The highest BCUT2D eigenvalue weighted by Gasteiger charge is 2.09. The smallest absolute Gasteiger partial charge is 0.251 e. The summed E-state index contributed by atoms with van der Waals surface area (Å²) in [6, 6.07) is 9.55. The van der Waals surface area contributed by atoms with Crippen LogP contribution in [0, 0.1) is 0 Å². The number of amides is 1. The maximum Gasteiger partial charge on any atom is 0.251 e. The van der Waals surface area contributed by atoms with Crippen LogP contribution in [0.5, 0.6) is 0 Å². The molecule has 0 radical (unpaired) electrons. The maximum absolute atomic E-state index is 12.2. The molecule has 5 heteroatoms. The quantitative estimate of drug-likeness (QED) is 0.835. The van der Waals surface area contributed by atoms with E-state index in [9.17, 15) is 4.79 Å². The second-order valence-corrected chi connectivity index (χ2v) is 6.33. The van der Waals surface area contributed by atoms with E-state index in [0.29, 0.717) is 17.8 Å².